The van der Waals surface area contributed by atoms with E-state index in [1.807, 2.05) is 0 Å². The van der Waals surface area contributed by atoms with Gasteiger partial charge in [0, 0.05) is 6.04 Å². The van der Waals surface area contributed by atoms with Crippen molar-refractivity contribution in [2.45, 2.75) is 58.0 Å². The molecule has 2 N–H and O–H groups in total. The monoisotopic (exact) mass is 276 g/mol. The van der Waals surface area contributed by atoms with Crippen LogP contribution in [0.25, 0.3) is 0 Å². The molecule has 1 aromatic carbocycles. The lowest BCUT2D eigenvalue weighted by molar-refractivity contribution is 0.580. The fourth-order valence-corrected chi connectivity index (χ4v) is 2.98. The van der Waals surface area contributed by atoms with Crippen molar-refractivity contribution in [2.24, 2.45) is 0 Å². The van der Waals surface area contributed by atoms with Crippen molar-refractivity contribution < 1.29 is 0 Å². The Labute approximate surface area is 122 Å². The van der Waals surface area contributed by atoms with E-state index >= 15 is 0 Å². The molecule has 104 valence electrons. The van der Waals surface area contributed by atoms with Crippen molar-refractivity contribution in [3.63, 3.8) is 0 Å². The summed E-state index contributed by atoms with van der Waals surface area (Å²) >= 11 is 5.44. The molecule has 1 aliphatic carbocycles. The molecule has 1 unspecified atom stereocenters. The van der Waals surface area contributed by atoms with Gasteiger partial charge in [-0.25, -0.2) is 0 Å². The normalized spacial score (nSPS) is 17.2. The van der Waals surface area contributed by atoms with Crippen LogP contribution >= 0.6 is 12.2 Å². The van der Waals surface area contributed by atoms with Crippen LogP contribution in [-0.2, 0) is 0 Å². The fraction of sp³-hybridized carbons (Fsp3) is 0.562. The van der Waals surface area contributed by atoms with Crippen molar-refractivity contribution in [1.82, 2.24) is 10.6 Å². The van der Waals surface area contributed by atoms with Gasteiger partial charge in [-0.05, 0) is 44.0 Å². The first-order valence-corrected chi connectivity index (χ1v) is 7.73. The Morgan fingerprint density at radius 2 is 1.89 bits per heavy atom. The highest BCUT2D eigenvalue weighted by Crippen LogP contribution is 2.19. The van der Waals surface area contributed by atoms with Gasteiger partial charge in [0.1, 0.15) is 0 Å². The van der Waals surface area contributed by atoms with E-state index in [0.717, 1.165) is 11.5 Å². The predicted molar refractivity (Wildman–Crippen MR) is 85.3 cm³/mol. The quantitative estimate of drug-likeness (QED) is 0.817. The predicted octanol–water partition coefficient (Wildman–Crippen LogP) is 3.85. The summed E-state index contributed by atoms with van der Waals surface area (Å²) in [6.07, 6.45) is 6.20. The number of nitrogens with one attached hydrogen (secondary N) is 2. The summed E-state index contributed by atoms with van der Waals surface area (Å²) in [5.41, 5.74) is 2.61. The number of hydrogen-bond donors (Lipinski definition) is 2. The first-order chi connectivity index (χ1) is 9.19. The average molecular weight is 276 g/mol. The van der Waals surface area contributed by atoms with Crippen LogP contribution in [0.4, 0.5) is 0 Å². The Morgan fingerprint density at radius 1 is 1.26 bits per heavy atom. The van der Waals surface area contributed by atoms with E-state index in [2.05, 4.69) is 48.7 Å². The molecule has 1 aromatic rings. The molecule has 2 nitrogen and oxygen atoms in total. The first-order valence-electron chi connectivity index (χ1n) is 7.32. The summed E-state index contributed by atoms with van der Waals surface area (Å²) < 4.78 is 0. The van der Waals surface area contributed by atoms with Gasteiger partial charge >= 0.3 is 0 Å². The SMILES string of the molecule is CCC(NC(=S)NC1CCCC1)c1ccc(C)cc1. The molecule has 0 bridgehead atoms. The highest BCUT2D eigenvalue weighted by Gasteiger charge is 2.17. The van der Waals surface area contributed by atoms with Crippen LogP contribution in [0.5, 0.6) is 0 Å². The third-order valence-electron chi connectivity index (χ3n) is 3.88. The molecule has 0 amide bonds. The van der Waals surface area contributed by atoms with Gasteiger partial charge in [0.15, 0.2) is 5.11 Å². The first kappa shape index (κ1) is 14.3. The summed E-state index contributed by atoms with van der Waals surface area (Å²) in [5, 5.41) is 7.70. The maximum absolute atomic E-state index is 5.44. The van der Waals surface area contributed by atoms with Gasteiger partial charge in [0.05, 0.1) is 6.04 Å². The molecule has 1 atom stereocenters. The Balaban J connectivity index is 1.90. The largest absolute Gasteiger partial charge is 0.360 e. The maximum Gasteiger partial charge on any atom is 0.166 e. The second-order valence-electron chi connectivity index (χ2n) is 5.47. The molecule has 0 aromatic heterocycles. The molecule has 1 saturated carbocycles. The zero-order chi connectivity index (χ0) is 13.7. The highest BCUT2D eigenvalue weighted by molar-refractivity contribution is 7.80. The fourth-order valence-electron chi connectivity index (χ4n) is 2.68. The molecule has 1 aliphatic rings. The maximum atomic E-state index is 5.44. The minimum absolute atomic E-state index is 0.307. The molecule has 2 rings (SSSR count). The van der Waals surface area contributed by atoms with Gasteiger partial charge in [0.25, 0.3) is 0 Å². The van der Waals surface area contributed by atoms with Gasteiger partial charge in [-0.1, -0.05) is 49.6 Å². The van der Waals surface area contributed by atoms with Crippen LogP contribution in [0.2, 0.25) is 0 Å². The van der Waals surface area contributed by atoms with Crippen LogP contribution < -0.4 is 10.6 Å². The third kappa shape index (κ3) is 4.20. The molecule has 3 heteroatoms. The molecule has 0 saturated heterocycles. The van der Waals surface area contributed by atoms with E-state index in [1.54, 1.807) is 0 Å². The van der Waals surface area contributed by atoms with E-state index < -0.39 is 0 Å². The third-order valence-corrected chi connectivity index (χ3v) is 4.12. The molecule has 0 spiro atoms. The second kappa shape index (κ2) is 6.90. The number of hydrogen-bond acceptors (Lipinski definition) is 1. The van der Waals surface area contributed by atoms with Gasteiger partial charge in [-0.2, -0.15) is 0 Å². The highest BCUT2D eigenvalue weighted by atomic mass is 32.1. The zero-order valence-corrected chi connectivity index (χ0v) is 12.7. The Bertz CT molecular complexity index is 407. The minimum Gasteiger partial charge on any atom is -0.360 e. The Morgan fingerprint density at radius 3 is 2.47 bits per heavy atom. The van der Waals surface area contributed by atoms with Crippen molar-refractivity contribution in [3.8, 4) is 0 Å². The molecule has 19 heavy (non-hydrogen) atoms. The van der Waals surface area contributed by atoms with E-state index in [0.29, 0.717) is 12.1 Å². The molecule has 0 aliphatic heterocycles. The van der Waals surface area contributed by atoms with Gasteiger partial charge in [-0.15, -0.1) is 0 Å². The summed E-state index contributed by atoms with van der Waals surface area (Å²) in [6.45, 7) is 4.31. The smallest absolute Gasteiger partial charge is 0.166 e. The molecular weight excluding hydrogens is 252 g/mol. The standard InChI is InChI=1S/C16H24N2S/c1-3-15(13-10-8-12(2)9-11-13)18-16(19)17-14-6-4-5-7-14/h8-11,14-15H,3-7H2,1-2H3,(H2,17,18,19). The zero-order valence-electron chi connectivity index (χ0n) is 11.9. The number of thiocarbonyl (C=S) groups is 1. The van der Waals surface area contributed by atoms with Crippen LogP contribution in [0.1, 0.15) is 56.2 Å². The topological polar surface area (TPSA) is 24.1 Å². The summed E-state index contributed by atoms with van der Waals surface area (Å²) in [5.74, 6) is 0. The van der Waals surface area contributed by atoms with Crippen LogP contribution in [0.3, 0.4) is 0 Å². The second-order valence-corrected chi connectivity index (χ2v) is 5.88. The van der Waals surface area contributed by atoms with Crippen molar-refractivity contribution in [1.29, 1.82) is 0 Å². The Hall–Kier alpha value is -1.09. The summed E-state index contributed by atoms with van der Waals surface area (Å²) in [6, 6.07) is 9.58. The number of benzene rings is 1. The van der Waals surface area contributed by atoms with E-state index in [9.17, 15) is 0 Å². The lowest BCUT2D eigenvalue weighted by Crippen LogP contribution is -2.42. The molecule has 0 heterocycles. The lowest BCUT2D eigenvalue weighted by atomic mass is 10.0. The van der Waals surface area contributed by atoms with Crippen LogP contribution in [-0.4, -0.2) is 11.2 Å². The molecular formula is C16H24N2S. The lowest BCUT2D eigenvalue weighted by Gasteiger charge is -2.22. The van der Waals surface area contributed by atoms with E-state index in [-0.39, 0.29) is 0 Å². The van der Waals surface area contributed by atoms with Gasteiger partial charge in [0.2, 0.25) is 0 Å². The van der Waals surface area contributed by atoms with Crippen molar-refractivity contribution >= 4 is 17.3 Å². The number of aryl methyl sites for hydroxylation is 1. The summed E-state index contributed by atoms with van der Waals surface area (Å²) in [4.78, 5) is 0. The minimum atomic E-state index is 0.307. The van der Waals surface area contributed by atoms with Crippen LogP contribution in [0.15, 0.2) is 24.3 Å². The average Bonchev–Trinajstić information content (AvgIpc) is 2.90. The Kier molecular flexibility index (Phi) is 5.20. The van der Waals surface area contributed by atoms with Gasteiger partial charge in [-0.3, -0.25) is 0 Å². The summed E-state index contributed by atoms with van der Waals surface area (Å²) in [7, 11) is 0. The molecule has 1 fully saturated rings. The van der Waals surface area contributed by atoms with E-state index in [1.165, 1.54) is 36.8 Å². The van der Waals surface area contributed by atoms with E-state index in [4.69, 9.17) is 12.2 Å². The van der Waals surface area contributed by atoms with Crippen LogP contribution in [0, 0.1) is 6.92 Å². The number of rotatable bonds is 4. The van der Waals surface area contributed by atoms with Crippen molar-refractivity contribution in [2.75, 3.05) is 0 Å². The van der Waals surface area contributed by atoms with Gasteiger partial charge < -0.3 is 10.6 Å². The van der Waals surface area contributed by atoms with Crippen molar-refractivity contribution in [3.05, 3.63) is 35.4 Å². The molecule has 0 radical (unpaired) electrons.